The molecule has 514 valence electrons. The van der Waals surface area contributed by atoms with Crippen LogP contribution in [0.3, 0.4) is 0 Å². The molecular formula is C60H94O30. The van der Waals surface area contributed by atoms with E-state index in [1.165, 1.54) is 13.8 Å². The zero-order valence-electron chi connectivity index (χ0n) is 51.7. The lowest BCUT2D eigenvalue weighted by atomic mass is 9.33. The number of carboxylic acid groups (broad SMARTS) is 1. The first-order chi connectivity index (χ1) is 42.0. The zero-order chi connectivity index (χ0) is 66.1. The van der Waals surface area contributed by atoms with Crippen molar-refractivity contribution in [3.05, 3.63) is 11.6 Å². The predicted octanol–water partition coefficient (Wildman–Crippen LogP) is -4.33. The standard InChI is InChI=1S/C60H94O30/c1-23-41(83-24(2)64)43(87-51-45(75)59(79,21-63)22-81-51)40(74)49(82-23)88-44-34(68)28(66)20-80-50(44)90-53(78)60-14-13-54(3,4)15-26(60)25-9-10-31-55(5)16-27(65)46(58(8,52(76)77)32(55)11-12-56(31,6)57(25,7)17-33(60)67)89-48-39(73)37(71)42(30(19-62)85-48)86-47-38(72)36(70)35(69)29(18-61)84-47/h9,23,26-51,61-63,65-75,79H,10-22H2,1-8H3,(H,76,77)/t23-,26-,27-,28+,29+,30+,31+,32+,33+,34+,35+,36-,37+,38+,39+,40+,41-,42+,43-,44-,45-,46-,47-,48-,49-,50-,51-,55+,56+,57+,58-,59+,60+/m0/s1. The third-order valence-corrected chi connectivity index (χ3v) is 23.2. The van der Waals surface area contributed by atoms with Gasteiger partial charge in [-0.15, -0.1) is 0 Å². The molecule has 10 aliphatic rings. The SMILES string of the molecule is CC(=O)O[C@@H]1[C@@H](O[C@@H]2OC[C@](O)(CO)[C@H]2O)[C@@H](O)[C@H](O[C@@H]2[C@H](OC(=O)[C@]34CCC(C)(C)C[C@H]3C3=CC[C@@H]5[C@@]6(C)C[C@H](O)[C@H](O[C@@H]7O[C@H](CO)[C@@H](O[C@@H]8O[C@H](CO)[C@@H](O)[C@H](O)[C@H]8O)[C@H](O)[C@H]7O)[C@@](C)(C(=O)O)[C@@H]6CC[C@@]5(C)[C@]3(C)C[C@H]4O)OC[C@@H](O)[C@H]2O)O[C@H]1C. The number of allylic oxidation sites excluding steroid dienone is 2. The largest absolute Gasteiger partial charge is 0.481 e. The van der Waals surface area contributed by atoms with Crippen LogP contribution in [0.4, 0.5) is 0 Å². The normalized spacial score (nSPS) is 53.4. The highest BCUT2D eigenvalue weighted by Gasteiger charge is 2.74. The maximum atomic E-state index is 15.5. The van der Waals surface area contributed by atoms with E-state index in [-0.39, 0.29) is 37.0 Å². The van der Waals surface area contributed by atoms with E-state index in [1.807, 2.05) is 13.8 Å². The second-order valence-electron chi connectivity index (χ2n) is 28.9. The Morgan fingerprint density at radius 3 is 1.87 bits per heavy atom. The van der Waals surface area contributed by atoms with Crippen LogP contribution in [0.2, 0.25) is 0 Å². The number of fused-ring (bicyclic) bond motifs is 7. The van der Waals surface area contributed by atoms with Gasteiger partial charge < -0.3 is 134 Å². The summed E-state index contributed by atoms with van der Waals surface area (Å²) in [6, 6.07) is 0. The first-order valence-electron chi connectivity index (χ1n) is 31.2. The van der Waals surface area contributed by atoms with Crippen LogP contribution in [0.1, 0.15) is 107 Å². The van der Waals surface area contributed by atoms with Crippen LogP contribution in [0.5, 0.6) is 0 Å². The zero-order valence-corrected chi connectivity index (χ0v) is 51.7. The summed E-state index contributed by atoms with van der Waals surface area (Å²) < 4.78 is 64.6. The van der Waals surface area contributed by atoms with Crippen LogP contribution in [0.15, 0.2) is 11.6 Å². The third kappa shape index (κ3) is 11.3. The van der Waals surface area contributed by atoms with E-state index in [1.54, 1.807) is 0 Å². The second kappa shape index (κ2) is 25.3. The first-order valence-corrected chi connectivity index (χ1v) is 31.2. The van der Waals surface area contributed by atoms with Gasteiger partial charge in [0.1, 0.15) is 96.5 Å². The summed E-state index contributed by atoms with van der Waals surface area (Å²) in [6.45, 7) is 10.5. The molecule has 33 atom stereocenters. The number of carbonyl (C=O) groups excluding carboxylic acids is 2. The quantitative estimate of drug-likeness (QED) is 0.0419. The summed E-state index contributed by atoms with van der Waals surface area (Å²) in [4.78, 5) is 41.9. The molecule has 0 spiro atoms. The van der Waals surface area contributed by atoms with Crippen LogP contribution in [-0.4, -0.2) is 286 Å². The van der Waals surface area contributed by atoms with Crippen LogP contribution < -0.4 is 0 Å². The second-order valence-corrected chi connectivity index (χ2v) is 28.9. The fourth-order valence-electron chi connectivity index (χ4n) is 17.9. The highest BCUT2D eigenvalue weighted by Crippen LogP contribution is 2.76. The van der Waals surface area contributed by atoms with E-state index >= 15 is 4.79 Å². The van der Waals surface area contributed by atoms with Crippen molar-refractivity contribution in [3.8, 4) is 0 Å². The van der Waals surface area contributed by atoms with Gasteiger partial charge in [0.2, 0.25) is 6.29 Å². The van der Waals surface area contributed by atoms with Gasteiger partial charge in [-0.05, 0) is 105 Å². The lowest BCUT2D eigenvalue weighted by Crippen LogP contribution is -2.71. The van der Waals surface area contributed by atoms with Crippen molar-refractivity contribution in [1.29, 1.82) is 0 Å². The highest BCUT2D eigenvalue weighted by molar-refractivity contribution is 5.80. The molecular weight excluding hydrogens is 1200 g/mol. The van der Waals surface area contributed by atoms with Crippen LogP contribution in [0, 0.1) is 50.2 Å². The minimum absolute atomic E-state index is 0.0161. The molecule has 0 bridgehead atoms. The van der Waals surface area contributed by atoms with Gasteiger partial charge in [-0.3, -0.25) is 14.4 Å². The Kier molecular flexibility index (Phi) is 19.7. The minimum Gasteiger partial charge on any atom is -0.481 e. The molecule has 4 saturated carbocycles. The summed E-state index contributed by atoms with van der Waals surface area (Å²) in [6.07, 6.45) is -36.9. The van der Waals surface area contributed by atoms with E-state index in [2.05, 4.69) is 26.8 Å². The molecule has 16 N–H and O–H groups in total. The number of rotatable bonds is 15. The molecule has 90 heavy (non-hydrogen) atoms. The fourth-order valence-corrected chi connectivity index (χ4v) is 17.9. The van der Waals surface area contributed by atoms with Crippen molar-refractivity contribution in [2.75, 3.05) is 33.0 Å². The highest BCUT2D eigenvalue weighted by atomic mass is 16.8. The minimum atomic E-state index is -2.15. The Morgan fingerprint density at radius 1 is 0.611 bits per heavy atom. The average molecular weight is 1300 g/mol. The summed E-state index contributed by atoms with van der Waals surface area (Å²) in [5, 5.41) is 177. The molecule has 30 heteroatoms. The van der Waals surface area contributed by atoms with Crippen LogP contribution in [0.25, 0.3) is 0 Å². The van der Waals surface area contributed by atoms with Gasteiger partial charge in [-0.25, -0.2) is 0 Å². The molecule has 0 unspecified atom stereocenters. The topological polar surface area (TPSA) is 476 Å². The summed E-state index contributed by atoms with van der Waals surface area (Å²) >= 11 is 0. The van der Waals surface area contributed by atoms with Crippen molar-refractivity contribution < 1.29 is 148 Å². The monoisotopic (exact) mass is 1290 g/mol. The molecule has 30 nitrogen and oxygen atoms in total. The number of carbonyl (C=O) groups is 3. The average Bonchev–Trinajstić information content (AvgIpc) is 0.743. The number of carboxylic acids is 1. The molecule has 10 rings (SSSR count). The molecule has 9 fully saturated rings. The van der Waals surface area contributed by atoms with Crippen molar-refractivity contribution >= 4 is 17.9 Å². The molecule has 0 aromatic carbocycles. The molecule has 5 aliphatic carbocycles. The number of aliphatic hydroxyl groups excluding tert-OH is 14. The Morgan fingerprint density at radius 2 is 1.23 bits per heavy atom. The van der Waals surface area contributed by atoms with Gasteiger partial charge in [0.25, 0.3) is 0 Å². The molecule has 0 radical (unpaired) electrons. The summed E-state index contributed by atoms with van der Waals surface area (Å²) in [5.41, 5.74) is -7.81. The first kappa shape index (κ1) is 70.0. The summed E-state index contributed by atoms with van der Waals surface area (Å²) in [7, 11) is 0. The van der Waals surface area contributed by atoms with Gasteiger partial charge in [0.05, 0.1) is 56.8 Å². The fraction of sp³-hybridized carbons (Fsp3) is 0.917. The van der Waals surface area contributed by atoms with E-state index in [9.17, 15) is 91.3 Å². The van der Waals surface area contributed by atoms with Gasteiger partial charge in [-0.2, -0.15) is 0 Å². The Hall–Kier alpha value is -2.81. The predicted molar refractivity (Wildman–Crippen MR) is 296 cm³/mol. The van der Waals surface area contributed by atoms with Gasteiger partial charge in [-0.1, -0.05) is 46.3 Å². The molecule has 5 saturated heterocycles. The number of hydrogen-bond donors (Lipinski definition) is 16. The third-order valence-electron chi connectivity index (χ3n) is 23.2. The molecule has 0 aromatic rings. The van der Waals surface area contributed by atoms with Crippen molar-refractivity contribution in [2.45, 2.75) is 260 Å². The maximum absolute atomic E-state index is 15.5. The molecule has 0 aromatic heterocycles. The smallest absolute Gasteiger partial charge is 0.317 e. The number of esters is 2. The van der Waals surface area contributed by atoms with Gasteiger partial charge in [0.15, 0.2) is 37.4 Å². The maximum Gasteiger partial charge on any atom is 0.317 e. The van der Waals surface area contributed by atoms with Crippen LogP contribution in [-0.2, 0) is 66.5 Å². The Labute approximate surface area is 519 Å². The number of aliphatic hydroxyl groups is 15. The Balaban J connectivity index is 0.894. The molecule has 5 heterocycles. The molecule has 5 aliphatic heterocycles. The number of aliphatic carboxylic acids is 1. The van der Waals surface area contributed by atoms with E-state index in [0.717, 1.165) is 12.5 Å². The lowest BCUT2D eigenvalue weighted by Gasteiger charge is -2.71. The van der Waals surface area contributed by atoms with Gasteiger partial charge in [0, 0.05) is 6.92 Å². The van der Waals surface area contributed by atoms with Crippen molar-refractivity contribution in [3.63, 3.8) is 0 Å². The van der Waals surface area contributed by atoms with E-state index in [0.29, 0.717) is 25.7 Å². The lowest BCUT2D eigenvalue weighted by molar-refractivity contribution is -0.372. The van der Waals surface area contributed by atoms with Crippen molar-refractivity contribution in [1.82, 2.24) is 0 Å². The molecule has 0 amide bonds. The van der Waals surface area contributed by atoms with E-state index in [4.69, 9.17) is 52.1 Å². The van der Waals surface area contributed by atoms with Crippen molar-refractivity contribution in [2.24, 2.45) is 50.2 Å². The van der Waals surface area contributed by atoms with E-state index < -0.39 is 243 Å². The summed E-state index contributed by atoms with van der Waals surface area (Å²) in [5.74, 6) is -4.84. The Bertz CT molecular complexity index is 2630. The van der Waals surface area contributed by atoms with Gasteiger partial charge >= 0.3 is 17.9 Å². The van der Waals surface area contributed by atoms with Crippen LogP contribution >= 0.6 is 0 Å². The number of hydrogen-bond acceptors (Lipinski definition) is 29. The number of ether oxygens (including phenoxy) is 11.